The summed E-state index contributed by atoms with van der Waals surface area (Å²) in [4.78, 5) is 32.5. The monoisotopic (exact) mass is 422 g/mol. The summed E-state index contributed by atoms with van der Waals surface area (Å²) in [6, 6.07) is 4.10. The molecule has 154 valence electrons. The molecule has 0 aromatic carbocycles. The van der Waals surface area contributed by atoms with E-state index >= 15 is 0 Å². The fraction of sp³-hybridized carbons (Fsp3) is 0.318. The van der Waals surface area contributed by atoms with Gasteiger partial charge in [0.05, 0.1) is 22.0 Å². The molecule has 0 unspecified atom stereocenters. The van der Waals surface area contributed by atoms with Crippen LogP contribution in [-0.2, 0) is 6.42 Å². The van der Waals surface area contributed by atoms with Crippen LogP contribution in [0.1, 0.15) is 41.0 Å². The molecule has 30 heavy (non-hydrogen) atoms. The van der Waals surface area contributed by atoms with Crippen LogP contribution in [0.2, 0.25) is 5.02 Å². The molecule has 1 aliphatic rings. The number of anilines is 2. The number of rotatable bonds is 4. The molecule has 8 heteroatoms. The van der Waals surface area contributed by atoms with Crippen LogP contribution in [0.25, 0.3) is 11.3 Å². The van der Waals surface area contributed by atoms with Gasteiger partial charge in [-0.3, -0.25) is 14.7 Å². The van der Waals surface area contributed by atoms with E-state index < -0.39 is 0 Å². The predicted molar refractivity (Wildman–Crippen MR) is 118 cm³/mol. The third-order valence-electron chi connectivity index (χ3n) is 4.92. The van der Waals surface area contributed by atoms with Crippen LogP contribution in [0.4, 0.5) is 11.8 Å². The van der Waals surface area contributed by atoms with Crippen LogP contribution in [0, 0.1) is 13.8 Å². The quantitative estimate of drug-likeness (QED) is 0.677. The highest BCUT2D eigenvalue weighted by atomic mass is 35.5. The number of hydrogen-bond acceptors (Lipinski definition) is 6. The molecule has 3 aromatic rings. The van der Waals surface area contributed by atoms with Gasteiger partial charge < -0.3 is 5.32 Å². The number of carbonyl (C=O) groups excluding carboxylic acids is 1. The van der Waals surface area contributed by atoms with Crippen molar-refractivity contribution in [1.82, 2.24) is 19.9 Å². The molecule has 1 N–H and O–H groups in total. The highest BCUT2D eigenvalue weighted by Gasteiger charge is 2.29. The molecule has 7 nitrogen and oxygen atoms in total. The Kier molecular flexibility index (Phi) is 5.39. The van der Waals surface area contributed by atoms with Gasteiger partial charge in [-0.15, -0.1) is 0 Å². The summed E-state index contributed by atoms with van der Waals surface area (Å²) in [6.45, 7) is 8.51. The van der Waals surface area contributed by atoms with Gasteiger partial charge in [-0.05, 0) is 44.9 Å². The second-order valence-electron chi connectivity index (χ2n) is 7.76. The van der Waals surface area contributed by atoms with E-state index in [4.69, 9.17) is 11.6 Å². The molecule has 0 spiro atoms. The Balaban J connectivity index is 1.68. The first-order chi connectivity index (χ1) is 14.3. The van der Waals surface area contributed by atoms with Crippen molar-refractivity contribution >= 4 is 29.3 Å². The summed E-state index contributed by atoms with van der Waals surface area (Å²) in [5.41, 5.74) is 4.88. The lowest BCUT2D eigenvalue weighted by Crippen LogP contribution is -2.39. The first-order valence-corrected chi connectivity index (χ1v) is 10.2. The smallest absolute Gasteiger partial charge is 0.262 e. The Morgan fingerprint density at radius 3 is 2.60 bits per heavy atom. The third kappa shape index (κ3) is 3.85. The van der Waals surface area contributed by atoms with Crippen molar-refractivity contribution in [3.63, 3.8) is 0 Å². The van der Waals surface area contributed by atoms with Crippen molar-refractivity contribution < 1.29 is 4.79 Å². The van der Waals surface area contributed by atoms with Crippen molar-refractivity contribution in [3.8, 4) is 11.3 Å². The SMILES string of the molecule is Cc1cnc(-c2cc(N3CCc4nc(NC(C)C)ncc4C3=O)ncc2Cl)c(C)c1. The third-order valence-corrected chi connectivity index (χ3v) is 5.22. The Bertz CT molecular complexity index is 1130. The number of nitrogens with zero attached hydrogens (tertiary/aromatic N) is 5. The van der Waals surface area contributed by atoms with Crippen molar-refractivity contribution in [2.75, 3.05) is 16.8 Å². The first kappa shape index (κ1) is 20.2. The van der Waals surface area contributed by atoms with E-state index in [-0.39, 0.29) is 11.9 Å². The van der Waals surface area contributed by atoms with E-state index in [1.807, 2.05) is 33.8 Å². The molecule has 4 rings (SSSR count). The minimum atomic E-state index is -0.165. The number of nitrogens with one attached hydrogen (secondary N) is 1. The predicted octanol–water partition coefficient (Wildman–Crippen LogP) is 4.23. The first-order valence-electron chi connectivity index (χ1n) is 9.87. The molecule has 0 saturated carbocycles. The maximum absolute atomic E-state index is 13.1. The van der Waals surface area contributed by atoms with Gasteiger partial charge in [0.15, 0.2) is 0 Å². The fourth-order valence-electron chi connectivity index (χ4n) is 3.55. The summed E-state index contributed by atoms with van der Waals surface area (Å²) < 4.78 is 0. The van der Waals surface area contributed by atoms with Crippen molar-refractivity contribution in [3.05, 3.63) is 58.1 Å². The molecule has 0 atom stereocenters. The summed E-state index contributed by atoms with van der Waals surface area (Å²) in [6.07, 6.45) is 5.59. The normalized spacial score (nSPS) is 13.5. The van der Waals surface area contributed by atoms with E-state index in [1.54, 1.807) is 23.5 Å². The number of aromatic nitrogens is 4. The number of carbonyl (C=O) groups is 1. The Labute approximate surface area is 180 Å². The zero-order chi connectivity index (χ0) is 21.4. The number of amides is 1. The summed E-state index contributed by atoms with van der Waals surface area (Å²) in [5, 5.41) is 3.67. The molecule has 1 aliphatic heterocycles. The lowest BCUT2D eigenvalue weighted by Gasteiger charge is -2.27. The van der Waals surface area contributed by atoms with Crippen LogP contribution in [0.5, 0.6) is 0 Å². The number of pyridine rings is 2. The highest BCUT2D eigenvalue weighted by molar-refractivity contribution is 6.33. The largest absolute Gasteiger partial charge is 0.352 e. The van der Waals surface area contributed by atoms with Gasteiger partial charge >= 0.3 is 0 Å². The molecule has 0 aliphatic carbocycles. The zero-order valence-electron chi connectivity index (χ0n) is 17.4. The average molecular weight is 423 g/mol. The van der Waals surface area contributed by atoms with Crippen molar-refractivity contribution in [2.45, 2.75) is 40.2 Å². The lowest BCUT2D eigenvalue weighted by molar-refractivity contribution is 0.0978. The molecule has 0 bridgehead atoms. The maximum Gasteiger partial charge on any atom is 0.262 e. The van der Waals surface area contributed by atoms with E-state index in [0.717, 1.165) is 28.1 Å². The van der Waals surface area contributed by atoms with Gasteiger partial charge in [-0.25, -0.2) is 15.0 Å². The molecular weight excluding hydrogens is 400 g/mol. The zero-order valence-corrected chi connectivity index (χ0v) is 18.2. The molecular formula is C22H23ClN6O. The second kappa shape index (κ2) is 7.99. The number of hydrogen-bond donors (Lipinski definition) is 1. The van der Waals surface area contributed by atoms with Crippen molar-refractivity contribution in [1.29, 1.82) is 0 Å². The van der Waals surface area contributed by atoms with E-state index in [1.165, 1.54) is 0 Å². The molecule has 0 saturated heterocycles. The highest BCUT2D eigenvalue weighted by Crippen LogP contribution is 2.32. The van der Waals surface area contributed by atoms with Crippen molar-refractivity contribution in [2.24, 2.45) is 0 Å². The lowest BCUT2D eigenvalue weighted by atomic mass is 10.0. The fourth-order valence-corrected chi connectivity index (χ4v) is 3.74. The molecule has 0 fully saturated rings. The van der Waals surface area contributed by atoms with Crippen LogP contribution >= 0.6 is 11.6 Å². The van der Waals surface area contributed by atoms with Gasteiger partial charge in [0, 0.05) is 43.2 Å². The minimum absolute atomic E-state index is 0.165. The van der Waals surface area contributed by atoms with Crippen LogP contribution in [0.3, 0.4) is 0 Å². The van der Waals surface area contributed by atoms with Gasteiger partial charge in [0.25, 0.3) is 5.91 Å². The Hall–Kier alpha value is -3.06. The molecule has 3 aromatic heterocycles. The van der Waals surface area contributed by atoms with Crippen LogP contribution in [-0.4, -0.2) is 38.4 Å². The molecule has 0 radical (unpaired) electrons. The number of aryl methyl sites for hydroxylation is 2. The van der Waals surface area contributed by atoms with Gasteiger partial charge in [0.1, 0.15) is 5.82 Å². The second-order valence-corrected chi connectivity index (χ2v) is 8.17. The van der Waals surface area contributed by atoms with Crippen LogP contribution in [0.15, 0.2) is 30.7 Å². The molecule has 4 heterocycles. The maximum atomic E-state index is 13.1. The molecule has 1 amide bonds. The van der Waals surface area contributed by atoms with E-state index in [2.05, 4.69) is 31.3 Å². The van der Waals surface area contributed by atoms with Gasteiger partial charge in [-0.1, -0.05) is 17.7 Å². The summed E-state index contributed by atoms with van der Waals surface area (Å²) in [5.74, 6) is 0.913. The average Bonchev–Trinajstić information content (AvgIpc) is 2.69. The van der Waals surface area contributed by atoms with Gasteiger partial charge in [-0.2, -0.15) is 0 Å². The number of halogens is 1. The van der Waals surface area contributed by atoms with E-state index in [0.29, 0.717) is 35.3 Å². The topological polar surface area (TPSA) is 83.9 Å². The number of fused-ring (bicyclic) bond motifs is 1. The Morgan fingerprint density at radius 2 is 1.87 bits per heavy atom. The Morgan fingerprint density at radius 1 is 1.07 bits per heavy atom. The van der Waals surface area contributed by atoms with Gasteiger partial charge in [0.2, 0.25) is 5.95 Å². The minimum Gasteiger partial charge on any atom is -0.352 e. The van der Waals surface area contributed by atoms with Crippen LogP contribution < -0.4 is 10.2 Å². The summed E-state index contributed by atoms with van der Waals surface area (Å²) >= 11 is 6.42. The summed E-state index contributed by atoms with van der Waals surface area (Å²) in [7, 11) is 0. The van der Waals surface area contributed by atoms with E-state index in [9.17, 15) is 4.79 Å². The standard InChI is InChI=1S/C22H23ClN6O/c1-12(2)27-22-26-10-16-18(28-22)5-6-29(21(16)30)19-8-15(17(23)11-24-19)20-14(4)7-13(3)9-25-20/h7-12H,5-6H2,1-4H3,(H,26,27,28).